The Morgan fingerprint density at radius 3 is 2.38 bits per heavy atom. The molecule has 1 saturated heterocycles. The molecule has 0 unspecified atom stereocenters. The fourth-order valence-corrected chi connectivity index (χ4v) is 3.72. The van der Waals surface area contributed by atoms with Gasteiger partial charge in [-0.1, -0.05) is 48.5 Å². The highest BCUT2D eigenvalue weighted by molar-refractivity contribution is 5.79. The van der Waals surface area contributed by atoms with Crippen molar-refractivity contribution in [2.24, 2.45) is 5.92 Å². The number of rotatable bonds is 6. The van der Waals surface area contributed by atoms with Crippen LogP contribution in [0.3, 0.4) is 0 Å². The third kappa shape index (κ3) is 4.18. The fraction of sp³-hybridized carbons (Fsp3) is 0.273. The van der Waals surface area contributed by atoms with Crippen LogP contribution >= 0.6 is 0 Å². The first-order valence-corrected chi connectivity index (χ1v) is 9.55. The Morgan fingerprint density at radius 2 is 1.69 bits per heavy atom. The van der Waals surface area contributed by atoms with Gasteiger partial charge in [0.25, 0.3) is 0 Å². The van der Waals surface area contributed by atoms with E-state index >= 15 is 0 Å². The number of nitrogens with zero attached hydrogens (tertiary/aromatic N) is 3. The van der Waals surface area contributed by atoms with Crippen molar-refractivity contribution >= 4 is 11.9 Å². The van der Waals surface area contributed by atoms with Gasteiger partial charge in [-0.15, -0.1) is 10.2 Å². The molecule has 2 aromatic carbocycles. The Kier molecular flexibility index (Phi) is 5.37. The quantitative estimate of drug-likeness (QED) is 0.694. The summed E-state index contributed by atoms with van der Waals surface area (Å²) >= 11 is 0. The molecule has 4 rings (SSSR count). The summed E-state index contributed by atoms with van der Waals surface area (Å²) in [5.41, 5.74) is 1.77. The van der Waals surface area contributed by atoms with E-state index in [1.807, 2.05) is 60.7 Å². The molecule has 1 aliphatic heterocycles. The minimum absolute atomic E-state index is 0.103. The lowest BCUT2D eigenvalue weighted by Crippen LogP contribution is -2.30. The van der Waals surface area contributed by atoms with Gasteiger partial charge in [0.2, 0.25) is 17.7 Å². The number of amides is 1. The van der Waals surface area contributed by atoms with Gasteiger partial charge in [-0.3, -0.25) is 9.59 Å². The van der Waals surface area contributed by atoms with Crippen LogP contribution in [0.2, 0.25) is 0 Å². The van der Waals surface area contributed by atoms with E-state index in [2.05, 4.69) is 10.2 Å². The van der Waals surface area contributed by atoms with Crippen LogP contribution in [0.1, 0.15) is 23.8 Å². The van der Waals surface area contributed by atoms with Crippen molar-refractivity contribution in [1.29, 1.82) is 0 Å². The second kappa shape index (κ2) is 8.26. The molecule has 0 spiro atoms. The maximum absolute atomic E-state index is 12.7. The fourth-order valence-electron chi connectivity index (χ4n) is 3.72. The Bertz CT molecular complexity index is 988. The van der Waals surface area contributed by atoms with Gasteiger partial charge < -0.3 is 14.4 Å². The highest BCUT2D eigenvalue weighted by Crippen LogP contribution is 2.33. The smallest absolute Gasteiger partial charge is 0.308 e. The molecule has 0 bridgehead atoms. The highest BCUT2D eigenvalue weighted by atomic mass is 16.4. The number of carboxylic acid groups (broad SMARTS) is 1. The number of likely N-dealkylation sites (tertiary alicyclic amines) is 1. The molecular formula is C22H21N3O4. The highest BCUT2D eigenvalue weighted by Gasteiger charge is 2.40. The first-order valence-electron chi connectivity index (χ1n) is 9.55. The predicted octanol–water partition coefficient (Wildman–Crippen LogP) is 3.00. The van der Waals surface area contributed by atoms with Crippen molar-refractivity contribution in [3.63, 3.8) is 0 Å². The summed E-state index contributed by atoms with van der Waals surface area (Å²) in [6.45, 7) is 0.617. The average molecular weight is 391 g/mol. The molecule has 0 saturated carbocycles. The van der Waals surface area contributed by atoms with E-state index in [0.29, 0.717) is 24.7 Å². The summed E-state index contributed by atoms with van der Waals surface area (Å²) in [5, 5.41) is 17.6. The number of aryl methyl sites for hydroxylation is 1. The summed E-state index contributed by atoms with van der Waals surface area (Å²) in [4.78, 5) is 26.0. The topological polar surface area (TPSA) is 96.5 Å². The number of carbonyl (C=O) groups is 2. The molecule has 148 valence electrons. The number of carboxylic acids is 1. The third-order valence-electron chi connectivity index (χ3n) is 5.26. The lowest BCUT2D eigenvalue weighted by molar-refractivity contribution is -0.141. The molecule has 1 N–H and O–H groups in total. The van der Waals surface area contributed by atoms with Crippen molar-refractivity contribution in [2.75, 3.05) is 13.1 Å². The van der Waals surface area contributed by atoms with Gasteiger partial charge in [0.1, 0.15) is 0 Å². The number of aromatic nitrogens is 2. The lowest BCUT2D eigenvalue weighted by atomic mass is 9.89. The van der Waals surface area contributed by atoms with Crippen LogP contribution in [0.15, 0.2) is 65.1 Å². The van der Waals surface area contributed by atoms with Gasteiger partial charge in [0.15, 0.2) is 0 Å². The molecular weight excluding hydrogens is 370 g/mol. The van der Waals surface area contributed by atoms with E-state index in [1.54, 1.807) is 4.90 Å². The van der Waals surface area contributed by atoms with E-state index in [-0.39, 0.29) is 24.8 Å². The van der Waals surface area contributed by atoms with E-state index < -0.39 is 11.9 Å². The molecule has 2 heterocycles. The molecule has 7 nitrogen and oxygen atoms in total. The Morgan fingerprint density at radius 1 is 1.00 bits per heavy atom. The van der Waals surface area contributed by atoms with Crippen LogP contribution in [-0.2, 0) is 16.0 Å². The number of carbonyl (C=O) groups excluding carboxylic acids is 1. The van der Waals surface area contributed by atoms with Crippen LogP contribution < -0.4 is 0 Å². The zero-order chi connectivity index (χ0) is 20.2. The van der Waals surface area contributed by atoms with E-state index in [1.165, 1.54) is 0 Å². The number of hydrogen-bond acceptors (Lipinski definition) is 5. The van der Waals surface area contributed by atoms with E-state index in [9.17, 15) is 14.7 Å². The van der Waals surface area contributed by atoms with Crippen molar-refractivity contribution in [2.45, 2.75) is 18.8 Å². The van der Waals surface area contributed by atoms with Crippen LogP contribution in [-0.4, -0.2) is 45.2 Å². The summed E-state index contributed by atoms with van der Waals surface area (Å²) in [7, 11) is 0. The maximum Gasteiger partial charge on any atom is 0.308 e. The van der Waals surface area contributed by atoms with Crippen LogP contribution in [0, 0.1) is 5.92 Å². The molecule has 1 fully saturated rings. The standard InChI is InChI=1S/C22H21N3O4/c26-20(12-11-19-23-24-21(29-19)16-9-5-2-6-10-16)25-13-17(18(14-25)22(27)28)15-7-3-1-4-8-15/h1-10,17-18H,11-14H2,(H,27,28)/t17-,18-/m1/s1. The molecule has 2 atom stereocenters. The predicted molar refractivity (Wildman–Crippen MR) is 105 cm³/mol. The molecule has 3 aromatic rings. The van der Waals surface area contributed by atoms with Crippen molar-refractivity contribution in [1.82, 2.24) is 15.1 Å². The number of benzene rings is 2. The van der Waals surface area contributed by atoms with Gasteiger partial charge in [0, 0.05) is 37.4 Å². The maximum atomic E-state index is 12.7. The van der Waals surface area contributed by atoms with Crippen molar-refractivity contribution in [3.05, 3.63) is 72.1 Å². The lowest BCUT2D eigenvalue weighted by Gasteiger charge is -2.16. The Hall–Kier alpha value is -3.48. The molecule has 0 radical (unpaired) electrons. The second-order valence-electron chi connectivity index (χ2n) is 7.13. The molecule has 7 heteroatoms. The zero-order valence-corrected chi connectivity index (χ0v) is 15.8. The van der Waals surface area contributed by atoms with Crippen molar-refractivity contribution in [3.8, 4) is 11.5 Å². The van der Waals surface area contributed by atoms with Gasteiger partial charge in [-0.05, 0) is 17.7 Å². The normalized spacial score (nSPS) is 18.7. The average Bonchev–Trinajstić information content (AvgIpc) is 3.41. The van der Waals surface area contributed by atoms with Crippen LogP contribution in [0.25, 0.3) is 11.5 Å². The van der Waals surface area contributed by atoms with Gasteiger partial charge in [-0.25, -0.2) is 0 Å². The summed E-state index contributed by atoms with van der Waals surface area (Å²) < 4.78 is 5.65. The summed E-state index contributed by atoms with van der Waals surface area (Å²) in [5.74, 6) is -0.969. The van der Waals surface area contributed by atoms with E-state index in [4.69, 9.17) is 4.42 Å². The minimum Gasteiger partial charge on any atom is -0.481 e. The SMILES string of the molecule is O=C(O)[C@@H]1CN(C(=O)CCc2nnc(-c3ccccc3)o2)C[C@@H]1c1ccccc1. The third-order valence-corrected chi connectivity index (χ3v) is 5.26. The molecule has 1 amide bonds. The second-order valence-corrected chi connectivity index (χ2v) is 7.13. The zero-order valence-electron chi connectivity index (χ0n) is 15.8. The minimum atomic E-state index is -0.876. The number of aliphatic carboxylic acids is 1. The molecule has 1 aromatic heterocycles. The summed E-state index contributed by atoms with van der Waals surface area (Å²) in [6.07, 6.45) is 0.521. The van der Waals surface area contributed by atoms with Crippen molar-refractivity contribution < 1.29 is 19.1 Å². The Balaban J connectivity index is 1.39. The van der Waals surface area contributed by atoms with Gasteiger partial charge in [0.05, 0.1) is 5.92 Å². The first kappa shape index (κ1) is 18.9. The molecule has 1 aliphatic rings. The summed E-state index contributed by atoms with van der Waals surface area (Å²) in [6, 6.07) is 18.9. The molecule has 29 heavy (non-hydrogen) atoms. The monoisotopic (exact) mass is 391 g/mol. The first-order chi connectivity index (χ1) is 14.1. The number of hydrogen-bond donors (Lipinski definition) is 1. The largest absolute Gasteiger partial charge is 0.481 e. The molecule has 0 aliphatic carbocycles. The van der Waals surface area contributed by atoms with Gasteiger partial charge >= 0.3 is 5.97 Å². The van der Waals surface area contributed by atoms with E-state index in [0.717, 1.165) is 11.1 Å². The van der Waals surface area contributed by atoms with Gasteiger partial charge in [-0.2, -0.15) is 0 Å². The van der Waals surface area contributed by atoms with Crippen LogP contribution in [0.5, 0.6) is 0 Å². The van der Waals surface area contributed by atoms with Crippen LogP contribution in [0.4, 0.5) is 0 Å². The Labute approximate surface area is 168 Å².